The van der Waals surface area contributed by atoms with E-state index in [-0.39, 0.29) is 0 Å². The second kappa shape index (κ2) is 6.53. The minimum absolute atomic E-state index is 0.704. The minimum atomic E-state index is 0.704. The third-order valence-electron chi connectivity index (χ3n) is 3.41. The van der Waals surface area contributed by atoms with Gasteiger partial charge in [-0.2, -0.15) is 5.26 Å². The number of hydrogen-bond acceptors (Lipinski definition) is 3. The summed E-state index contributed by atoms with van der Waals surface area (Å²) < 4.78 is 1.93. The van der Waals surface area contributed by atoms with Gasteiger partial charge in [0.25, 0.3) is 0 Å². The fourth-order valence-corrected chi connectivity index (χ4v) is 2.91. The standard InChI is InChI=1S/C16H19N3S/c1-4-20-16-8-6-5-7-15(16)18-11-13-9-14(10-17)19(3)12(13)2/h5-9,18H,4,11H2,1-3H3. The highest BCUT2D eigenvalue weighted by atomic mass is 32.2. The highest BCUT2D eigenvalue weighted by Crippen LogP contribution is 2.27. The van der Waals surface area contributed by atoms with Gasteiger partial charge in [0.1, 0.15) is 11.8 Å². The van der Waals surface area contributed by atoms with Crippen molar-refractivity contribution < 1.29 is 0 Å². The summed E-state index contributed by atoms with van der Waals surface area (Å²) in [6.45, 7) is 4.94. The van der Waals surface area contributed by atoms with E-state index in [1.54, 1.807) is 0 Å². The molecule has 4 heteroatoms. The average molecular weight is 285 g/mol. The van der Waals surface area contributed by atoms with Gasteiger partial charge in [-0.05, 0) is 36.4 Å². The molecule has 2 rings (SSSR count). The maximum absolute atomic E-state index is 9.06. The summed E-state index contributed by atoms with van der Waals surface area (Å²) in [6, 6.07) is 12.5. The van der Waals surface area contributed by atoms with Crippen LogP contribution in [0.3, 0.4) is 0 Å². The van der Waals surface area contributed by atoms with Crippen molar-refractivity contribution in [1.82, 2.24) is 4.57 Å². The van der Waals surface area contributed by atoms with Crippen molar-refractivity contribution in [2.24, 2.45) is 7.05 Å². The molecule has 0 atom stereocenters. The maximum atomic E-state index is 9.06. The third kappa shape index (κ3) is 3.00. The Hall–Kier alpha value is -1.86. The van der Waals surface area contributed by atoms with Crippen LogP contribution in [0.4, 0.5) is 5.69 Å². The molecule has 1 N–H and O–H groups in total. The van der Waals surface area contributed by atoms with Crippen molar-refractivity contribution in [3.05, 3.63) is 47.3 Å². The van der Waals surface area contributed by atoms with Crippen LogP contribution in [0.1, 0.15) is 23.9 Å². The summed E-state index contributed by atoms with van der Waals surface area (Å²) in [6.07, 6.45) is 0. The molecule has 104 valence electrons. The number of aromatic nitrogens is 1. The van der Waals surface area contributed by atoms with E-state index in [2.05, 4.69) is 36.5 Å². The van der Waals surface area contributed by atoms with Gasteiger partial charge in [-0.3, -0.25) is 0 Å². The number of thioether (sulfide) groups is 1. The smallest absolute Gasteiger partial charge is 0.120 e. The quantitative estimate of drug-likeness (QED) is 0.846. The van der Waals surface area contributed by atoms with Gasteiger partial charge >= 0.3 is 0 Å². The Labute approximate surface area is 124 Å². The molecule has 0 spiro atoms. The van der Waals surface area contributed by atoms with Crippen LogP contribution >= 0.6 is 11.8 Å². The first-order valence-electron chi connectivity index (χ1n) is 6.68. The van der Waals surface area contributed by atoms with Gasteiger partial charge < -0.3 is 9.88 Å². The SMILES string of the molecule is CCSc1ccccc1NCc1cc(C#N)n(C)c1C. The van der Waals surface area contributed by atoms with Crippen LogP contribution in [0.25, 0.3) is 0 Å². The molecule has 0 saturated heterocycles. The van der Waals surface area contributed by atoms with E-state index < -0.39 is 0 Å². The van der Waals surface area contributed by atoms with Crippen LogP contribution in [-0.2, 0) is 13.6 Å². The van der Waals surface area contributed by atoms with Gasteiger partial charge in [-0.1, -0.05) is 19.1 Å². The van der Waals surface area contributed by atoms with Gasteiger partial charge in [-0.25, -0.2) is 0 Å². The summed E-state index contributed by atoms with van der Waals surface area (Å²) in [7, 11) is 1.93. The molecule has 20 heavy (non-hydrogen) atoms. The zero-order valence-electron chi connectivity index (χ0n) is 12.1. The summed E-state index contributed by atoms with van der Waals surface area (Å²) in [5.41, 5.74) is 4.16. The molecular weight excluding hydrogens is 266 g/mol. The molecule has 0 bridgehead atoms. The van der Waals surface area contributed by atoms with Crippen LogP contribution in [0.5, 0.6) is 0 Å². The van der Waals surface area contributed by atoms with Crippen molar-refractivity contribution in [3.63, 3.8) is 0 Å². The molecule has 0 aliphatic rings. The van der Waals surface area contributed by atoms with Gasteiger partial charge in [0.15, 0.2) is 0 Å². The van der Waals surface area contributed by atoms with E-state index in [4.69, 9.17) is 5.26 Å². The van der Waals surface area contributed by atoms with Crippen molar-refractivity contribution in [2.45, 2.75) is 25.3 Å². The van der Waals surface area contributed by atoms with E-state index in [0.29, 0.717) is 5.69 Å². The zero-order chi connectivity index (χ0) is 14.5. The van der Waals surface area contributed by atoms with Gasteiger partial charge in [0.2, 0.25) is 0 Å². The number of anilines is 1. The van der Waals surface area contributed by atoms with Crippen molar-refractivity contribution >= 4 is 17.4 Å². The largest absolute Gasteiger partial charge is 0.380 e. The molecule has 1 aromatic carbocycles. The summed E-state index contributed by atoms with van der Waals surface area (Å²) in [5, 5.41) is 12.5. The zero-order valence-corrected chi connectivity index (χ0v) is 12.9. The predicted octanol–water partition coefficient (Wildman–Crippen LogP) is 3.93. The minimum Gasteiger partial charge on any atom is -0.380 e. The van der Waals surface area contributed by atoms with Crippen LogP contribution in [0.15, 0.2) is 35.2 Å². The highest BCUT2D eigenvalue weighted by molar-refractivity contribution is 7.99. The fraction of sp³-hybridized carbons (Fsp3) is 0.312. The Morgan fingerprint density at radius 3 is 2.75 bits per heavy atom. The lowest BCUT2D eigenvalue weighted by Crippen LogP contribution is -2.02. The third-order valence-corrected chi connectivity index (χ3v) is 4.37. The van der Waals surface area contributed by atoms with E-state index in [0.717, 1.165) is 23.7 Å². The Kier molecular flexibility index (Phi) is 4.75. The Morgan fingerprint density at radius 1 is 1.35 bits per heavy atom. The highest BCUT2D eigenvalue weighted by Gasteiger charge is 2.09. The number of nitrogens with one attached hydrogen (secondary N) is 1. The predicted molar refractivity (Wildman–Crippen MR) is 85.0 cm³/mol. The lowest BCUT2D eigenvalue weighted by atomic mass is 10.2. The molecule has 0 radical (unpaired) electrons. The number of para-hydroxylation sites is 1. The topological polar surface area (TPSA) is 40.8 Å². The maximum Gasteiger partial charge on any atom is 0.120 e. The van der Waals surface area contributed by atoms with E-state index >= 15 is 0 Å². The van der Waals surface area contributed by atoms with Crippen LogP contribution in [-0.4, -0.2) is 10.3 Å². The molecular formula is C16H19N3S. The van der Waals surface area contributed by atoms with E-state index in [1.165, 1.54) is 10.5 Å². The van der Waals surface area contributed by atoms with E-state index in [9.17, 15) is 0 Å². The van der Waals surface area contributed by atoms with Gasteiger partial charge in [0.05, 0.1) is 0 Å². The number of nitriles is 1. The molecule has 0 aliphatic carbocycles. The molecule has 1 aromatic heterocycles. The first kappa shape index (κ1) is 14.5. The number of rotatable bonds is 5. The van der Waals surface area contributed by atoms with Crippen LogP contribution in [0, 0.1) is 18.3 Å². The number of nitrogens with zero attached hydrogens (tertiary/aromatic N) is 2. The molecule has 1 heterocycles. The molecule has 2 aromatic rings. The molecule has 3 nitrogen and oxygen atoms in total. The molecule has 0 amide bonds. The fourth-order valence-electron chi connectivity index (χ4n) is 2.13. The molecule has 0 saturated carbocycles. The summed E-state index contributed by atoms with van der Waals surface area (Å²) in [4.78, 5) is 1.27. The first-order chi connectivity index (χ1) is 9.67. The van der Waals surface area contributed by atoms with Gasteiger partial charge in [0, 0.05) is 29.9 Å². The Bertz CT molecular complexity index is 638. The molecule has 0 unspecified atom stereocenters. The van der Waals surface area contributed by atoms with E-state index in [1.807, 2.05) is 42.4 Å². The monoisotopic (exact) mass is 285 g/mol. The van der Waals surface area contributed by atoms with Crippen molar-refractivity contribution in [1.29, 1.82) is 5.26 Å². The van der Waals surface area contributed by atoms with Gasteiger partial charge in [-0.15, -0.1) is 11.8 Å². The Morgan fingerprint density at radius 2 is 2.10 bits per heavy atom. The van der Waals surface area contributed by atoms with Crippen LogP contribution < -0.4 is 5.32 Å². The number of benzene rings is 1. The average Bonchev–Trinajstić information content (AvgIpc) is 2.74. The normalized spacial score (nSPS) is 10.3. The van der Waals surface area contributed by atoms with Crippen molar-refractivity contribution in [2.75, 3.05) is 11.1 Å². The van der Waals surface area contributed by atoms with Crippen LogP contribution in [0.2, 0.25) is 0 Å². The first-order valence-corrected chi connectivity index (χ1v) is 7.67. The lowest BCUT2D eigenvalue weighted by Gasteiger charge is -2.11. The molecule has 0 aliphatic heterocycles. The summed E-state index contributed by atoms with van der Waals surface area (Å²) >= 11 is 1.83. The Balaban J connectivity index is 2.15. The second-order valence-corrected chi connectivity index (χ2v) is 5.90. The molecule has 0 fully saturated rings. The summed E-state index contributed by atoms with van der Waals surface area (Å²) in [5.74, 6) is 1.06. The second-order valence-electron chi connectivity index (χ2n) is 4.59. The van der Waals surface area contributed by atoms with Crippen molar-refractivity contribution in [3.8, 4) is 6.07 Å². The lowest BCUT2D eigenvalue weighted by molar-refractivity contribution is 0.856. The number of hydrogen-bond donors (Lipinski definition) is 1.